The third-order valence-electron chi connectivity index (χ3n) is 3.10. The zero-order valence-electron chi connectivity index (χ0n) is 11.1. The van der Waals surface area contributed by atoms with Crippen molar-refractivity contribution in [3.8, 4) is 0 Å². The molecule has 4 heteroatoms. The first-order chi connectivity index (χ1) is 9.13. The Balaban J connectivity index is 2.35. The van der Waals surface area contributed by atoms with E-state index in [0.29, 0.717) is 24.3 Å². The molecule has 1 N–H and O–H groups in total. The fourth-order valence-electron chi connectivity index (χ4n) is 2.17. The summed E-state index contributed by atoms with van der Waals surface area (Å²) in [5.41, 5.74) is 1.03. The topological polar surface area (TPSA) is 36.6 Å². The Morgan fingerprint density at radius 2 is 2.11 bits per heavy atom. The third-order valence-corrected chi connectivity index (χ3v) is 3.10. The molecule has 19 heavy (non-hydrogen) atoms. The molecule has 0 saturated heterocycles. The normalized spacial score (nSPS) is 12.4. The fourth-order valence-corrected chi connectivity index (χ4v) is 2.17. The van der Waals surface area contributed by atoms with E-state index in [1.165, 1.54) is 6.07 Å². The Kier molecular flexibility index (Phi) is 4.22. The van der Waals surface area contributed by atoms with E-state index in [0.717, 1.165) is 5.76 Å². The number of hydrogen-bond acceptors (Lipinski definition) is 3. The van der Waals surface area contributed by atoms with Crippen molar-refractivity contribution < 1.29 is 13.9 Å². The van der Waals surface area contributed by atoms with E-state index in [9.17, 15) is 9.50 Å². The highest BCUT2D eigenvalue weighted by atomic mass is 19.1. The van der Waals surface area contributed by atoms with E-state index in [1.807, 2.05) is 30.0 Å². The molecule has 1 heterocycles. The maximum absolute atomic E-state index is 13.9. The van der Waals surface area contributed by atoms with Gasteiger partial charge in [0.15, 0.2) is 0 Å². The minimum atomic E-state index is -0.846. The molecule has 1 aromatic carbocycles. The van der Waals surface area contributed by atoms with E-state index < -0.39 is 6.10 Å². The van der Waals surface area contributed by atoms with Crippen LogP contribution in [0.15, 0.2) is 41.0 Å². The van der Waals surface area contributed by atoms with Gasteiger partial charge in [-0.25, -0.2) is 4.39 Å². The highest BCUT2D eigenvalue weighted by Gasteiger charge is 2.18. The summed E-state index contributed by atoms with van der Waals surface area (Å²) >= 11 is 0. The van der Waals surface area contributed by atoms with Crippen LogP contribution in [0, 0.1) is 5.82 Å². The molecule has 0 bridgehead atoms. The second kappa shape index (κ2) is 5.89. The second-order valence-corrected chi connectivity index (χ2v) is 4.44. The molecular weight excluding hydrogens is 245 g/mol. The van der Waals surface area contributed by atoms with Crippen molar-refractivity contribution in [2.24, 2.45) is 0 Å². The molecule has 3 nitrogen and oxygen atoms in total. The standard InChI is InChI=1S/C15H18FNO2/c1-3-17(10-12-6-5-9-19-12)14-8-4-7-13(16)15(14)11(2)18/h4-9,11,18H,3,10H2,1-2H3/t11-/m0/s1. The molecule has 0 radical (unpaired) electrons. The number of rotatable bonds is 5. The fraction of sp³-hybridized carbons (Fsp3) is 0.333. The molecule has 0 amide bonds. The summed E-state index contributed by atoms with van der Waals surface area (Å²) in [6, 6.07) is 8.54. The maximum Gasteiger partial charge on any atom is 0.131 e. The predicted molar refractivity (Wildman–Crippen MR) is 72.5 cm³/mol. The molecule has 1 aromatic heterocycles. The zero-order valence-corrected chi connectivity index (χ0v) is 11.1. The van der Waals surface area contributed by atoms with Crippen LogP contribution in [0.5, 0.6) is 0 Å². The minimum Gasteiger partial charge on any atom is -0.467 e. The maximum atomic E-state index is 13.9. The van der Waals surface area contributed by atoms with Gasteiger partial charge in [-0.3, -0.25) is 0 Å². The molecule has 0 aliphatic carbocycles. The lowest BCUT2D eigenvalue weighted by Gasteiger charge is -2.26. The van der Waals surface area contributed by atoms with E-state index in [-0.39, 0.29) is 5.82 Å². The van der Waals surface area contributed by atoms with Gasteiger partial charge in [-0.2, -0.15) is 0 Å². The first-order valence-corrected chi connectivity index (χ1v) is 6.37. The van der Waals surface area contributed by atoms with Gasteiger partial charge >= 0.3 is 0 Å². The Hall–Kier alpha value is -1.81. The molecule has 2 aromatic rings. The van der Waals surface area contributed by atoms with Gasteiger partial charge in [0.25, 0.3) is 0 Å². The number of anilines is 1. The average molecular weight is 263 g/mol. The van der Waals surface area contributed by atoms with Crippen molar-refractivity contribution in [2.45, 2.75) is 26.5 Å². The van der Waals surface area contributed by atoms with E-state index in [2.05, 4.69) is 0 Å². The van der Waals surface area contributed by atoms with Gasteiger partial charge in [-0.05, 0) is 38.1 Å². The van der Waals surface area contributed by atoms with E-state index in [4.69, 9.17) is 4.42 Å². The van der Waals surface area contributed by atoms with E-state index >= 15 is 0 Å². The van der Waals surface area contributed by atoms with E-state index in [1.54, 1.807) is 19.3 Å². The molecule has 1 atom stereocenters. The lowest BCUT2D eigenvalue weighted by molar-refractivity contribution is 0.194. The minimum absolute atomic E-state index is 0.330. The number of aliphatic hydroxyl groups is 1. The molecular formula is C15H18FNO2. The first kappa shape index (κ1) is 13.6. The Morgan fingerprint density at radius 3 is 2.68 bits per heavy atom. The molecule has 2 rings (SSSR count). The van der Waals surface area contributed by atoms with Gasteiger partial charge in [0.05, 0.1) is 18.9 Å². The smallest absolute Gasteiger partial charge is 0.131 e. The lowest BCUT2D eigenvalue weighted by atomic mass is 10.1. The molecule has 102 valence electrons. The molecule has 0 fully saturated rings. The van der Waals surface area contributed by atoms with Gasteiger partial charge in [-0.15, -0.1) is 0 Å². The molecule has 0 saturated carbocycles. The van der Waals surface area contributed by atoms with Gasteiger partial charge in [-0.1, -0.05) is 6.07 Å². The highest BCUT2D eigenvalue weighted by molar-refractivity contribution is 5.55. The SMILES string of the molecule is CCN(Cc1ccco1)c1cccc(F)c1[C@H](C)O. The number of aliphatic hydroxyl groups excluding tert-OH is 1. The average Bonchev–Trinajstić information content (AvgIpc) is 2.88. The number of furan rings is 1. The van der Waals surface area contributed by atoms with Gasteiger partial charge in [0.1, 0.15) is 11.6 Å². The molecule has 0 aliphatic heterocycles. The summed E-state index contributed by atoms with van der Waals surface area (Å²) in [6.07, 6.45) is 0.770. The summed E-state index contributed by atoms with van der Waals surface area (Å²) < 4.78 is 19.2. The van der Waals surface area contributed by atoms with Gasteiger partial charge in [0, 0.05) is 17.8 Å². The zero-order chi connectivity index (χ0) is 13.8. The van der Waals surface area contributed by atoms with Crippen LogP contribution in [0.3, 0.4) is 0 Å². The summed E-state index contributed by atoms with van der Waals surface area (Å²) in [4.78, 5) is 1.98. The van der Waals surface area contributed by atoms with Crippen LogP contribution in [0.2, 0.25) is 0 Å². The molecule has 0 spiro atoms. The predicted octanol–water partition coefficient (Wildman–Crippen LogP) is 3.50. The van der Waals surface area contributed by atoms with Gasteiger partial charge < -0.3 is 14.4 Å². The van der Waals surface area contributed by atoms with Crippen molar-refractivity contribution in [3.63, 3.8) is 0 Å². The van der Waals surface area contributed by atoms with Crippen molar-refractivity contribution in [1.82, 2.24) is 0 Å². The van der Waals surface area contributed by atoms with Crippen molar-refractivity contribution in [1.29, 1.82) is 0 Å². The Morgan fingerprint density at radius 1 is 1.32 bits per heavy atom. The number of benzene rings is 1. The van der Waals surface area contributed by atoms with Crippen LogP contribution in [-0.4, -0.2) is 11.7 Å². The number of nitrogens with zero attached hydrogens (tertiary/aromatic N) is 1. The molecule has 0 aliphatic rings. The van der Waals surface area contributed by atoms with Crippen molar-refractivity contribution in [3.05, 3.63) is 53.7 Å². The monoisotopic (exact) mass is 263 g/mol. The van der Waals surface area contributed by atoms with Crippen LogP contribution in [0.25, 0.3) is 0 Å². The summed E-state index contributed by atoms with van der Waals surface area (Å²) in [5, 5.41) is 9.77. The summed E-state index contributed by atoms with van der Waals surface area (Å²) in [6.45, 7) is 4.80. The first-order valence-electron chi connectivity index (χ1n) is 6.37. The summed E-state index contributed by atoms with van der Waals surface area (Å²) in [5.74, 6) is 0.424. The lowest BCUT2D eigenvalue weighted by Crippen LogP contribution is -2.24. The number of halogens is 1. The Bertz CT molecular complexity index is 523. The van der Waals surface area contributed by atoms with Crippen molar-refractivity contribution in [2.75, 3.05) is 11.4 Å². The van der Waals surface area contributed by atoms with Gasteiger partial charge in [0.2, 0.25) is 0 Å². The third kappa shape index (κ3) is 2.96. The van der Waals surface area contributed by atoms with Crippen molar-refractivity contribution >= 4 is 5.69 Å². The van der Waals surface area contributed by atoms with Crippen LogP contribution in [0.1, 0.15) is 31.3 Å². The largest absolute Gasteiger partial charge is 0.467 e. The molecule has 0 unspecified atom stereocenters. The van der Waals surface area contributed by atoms with Crippen LogP contribution in [0.4, 0.5) is 10.1 Å². The summed E-state index contributed by atoms with van der Waals surface area (Å²) in [7, 11) is 0. The Labute approximate surface area is 112 Å². The quantitative estimate of drug-likeness (QED) is 0.897. The van der Waals surface area contributed by atoms with Crippen LogP contribution in [-0.2, 0) is 6.54 Å². The van der Waals surface area contributed by atoms with Crippen LogP contribution >= 0.6 is 0 Å². The number of hydrogen-bond donors (Lipinski definition) is 1. The second-order valence-electron chi connectivity index (χ2n) is 4.44. The highest BCUT2D eigenvalue weighted by Crippen LogP contribution is 2.29. The van der Waals surface area contributed by atoms with Crippen LogP contribution < -0.4 is 4.90 Å².